The Morgan fingerprint density at radius 1 is 1.17 bits per heavy atom. The molecule has 3 radical (unpaired) electrons. The molecule has 16 heteroatoms. The summed E-state index contributed by atoms with van der Waals surface area (Å²) in [6.07, 6.45) is 3.28. The summed E-state index contributed by atoms with van der Waals surface area (Å²) in [6, 6.07) is 8.54. The summed E-state index contributed by atoms with van der Waals surface area (Å²) in [7, 11) is 7.13. The van der Waals surface area contributed by atoms with Crippen LogP contribution < -0.4 is 10.7 Å². The number of cyclic esters (lactones) is 1. The number of aromatic nitrogens is 3. The Kier molecular flexibility index (Phi) is 11.0. The fraction of sp³-hybridized carbons (Fsp3) is 0.535. The lowest BCUT2D eigenvalue weighted by Gasteiger charge is -2.43. The zero-order chi connectivity index (χ0) is 42.0. The lowest BCUT2D eigenvalue weighted by molar-refractivity contribution is -0.157. The van der Waals surface area contributed by atoms with Crippen molar-refractivity contribution in [1.29, 1.82) is 0 Å². The molecule has 1 aromatic carbocycles. The van der Waals surface area contributed by atoms with Crippen LogP contribution in [0.5, 0.6) is 0 Å². The van der Waals surface area contributed by atoms with Gasteiger partial charge in [-0.05, 0) is 61.9 Å². The molecule has 311 valence electrons. The number of fused-ring (bicyclic) bond motifs is 8. The first-order valence-electron chi connectivity index (χ1n) is 20.6. The van der Waals surface area contributed by atoms with Crippen LogP contribution in [0, 0.1) is 11.3 Å². The van der Waals surface area contributed by atoms with E-state index in [2.05, 4.69) is 70.6 Å². The number of methoxy groups -OCH3 is 1. The molecule has 6 heterocycles. The minimum absolute atomic E-state index is 0.000440. The monoisotopic (exact) mass is 837 g/mol. The number of hydrogen-bond donors (Lipinski definition) is 2. The second kappa shape index (κ2) is 15.8. The molecule has 1 aliphatic carbocycles. The fourth-order valence-electron chi connectivity index (χ4n) is 9.44. The number of likely N-dealkylation sites (tertiary alicyclic amines) is 1. The van der Waals surface area contributed by atoms with E-state index in [0.29, 0.717) is 37.5 Å². The normalized spacial score (nSPS) is 24.5. The van der Waals surface area contributed by atoms with E-state index in [1.54, 1.807) is 25.3 Å². The van der Waals surface area contributed by atoms with Gasteiger partial charge in [-0.1, -0.05) is 33.8 Å². The minimum Gasteiger partial charge on any atom is -0.464 e. The summed E-state index contributed by atoms with van der Waals surface area (Å²) in [6.45, 7) is 12.5. The Hall–Kier alpha value is -4.64. The van der Waals surface area contributed by atoms with Crippen LogP contribution in [0.15, 0.2) is 41.9 Å². The molecule has 0 saturated carbocycles. The first-order valence-corrected chi connectivity index (χ1v) is 22.0. The molecule has 4 aromatic rings. The van der Waals surface area contributed by atoms with Crippen LogP contribution in [0.3, 0.4) is 0 Å². The number of esters is 1. The zero-order valence-electron chi connectivity index (χ0n) is 34.8. The second-order valence-electron chi connectivity index (χ2n) is 17.3. The Labute approximate surface area is 352 Å². The van der Waals surface area contributed by atoms with Gasteiger partial charge >= 0.3 is 12.0 Å². The third kappa shape index (κ3) is 7.14. The van der Waals surface area contributed by atoms with Gasteiger partial charge in [-0.2, -0.15) is 0 Å². The van der Waals surface area contributed by atoms with Crippen molar-refractivity contribution in [1.82, 2.24) is 40.1 Å². The minimum atomic E-state index is -1.68. The molecular weight excluding hydrogens is 785 g/mol. The maximum atomic E-state index is 14.8. The maximum absolute atomic E-state index is 14.8. The topological polar surface area (TPSA) is 151 Å². The predicted octanol–water partition coefficient (Wildman–Crippen LogP) is 5.02. The van der Waals surface area contributed by atoms with E-state index in [1.807, 2.05) is 25.3 Å². The Morgan fingerprint density at radius 3 is 2.64 bits per heavy atom. The summed E-state index contributed by atoms with van der Waals surface area (Å²) in [5.41, 5.74) is 9.25. The van der Waals surface area contributed by atoms with E-state index in [9.17, 15) is 19.2 Å². The quantitative estimate of drug-likeness (QED) is 0.202. The SMILES string of the molecule is CCn1c2c3c4cc(ccc41)-c1csc(n1)C[C@]([Si])(NC(=O)[C@H](C(C)C)N(C)C(=O)N1CCC1)C(=O)N1CCCC(N1)C(=O)OCC(C)(C)C3[C@H](OC)c1ncccc1-2. The number of nitrogens with one attached hydrogen (secondary N) is 2. The molecule has 4 amide bonds. The Morgan fingerprint density at radius 2 is 1.95 bits per heavy atom. The molecule has 59 heavy (non-hydrogen) atoms. The third-order valence-corrected chi connectivity index (χ3v) is 13.9. The van der Waals surface area contributed by atoms with Gasteiger partial charge in [-0.15, -0.1) is 11.3 Å². The third-order valence-electron chi connectivity index (χ3n) is 12.5. The zero-order valence-corrected chi connectivity index (χ0v) is 36.6. The number of aryl methyl sites for hydroxylation is 1. The number of hydrogen-bond acceptors (Lipinski definition) is 10. The number of urea groups is 1. The van der Waals surface area contributed by atoms with Gasteiger partial charge in [-0.25, -0.2) is 15.2 Å². The summed E-state index contributed by atoms with van der Waals surface area (Å²) in [4.78, 5) is 69.6. The number of hydrazine groups is 1. The van der Waals surface area contributed by atoms with Crippen LogP contribution in [0.2, 0.25) is 0 Å². The number of ether oxygens (including phenoxy) is 2. The van der Waals surface area contributed by atoms with Gasteiger partial charge in [0.05, 0.1) is 38.9 Å². The van der Waals surface area contributed by atoms with Gasteiger partial charge in [0, 0.05) is 91.7 Å². The molecule has 3 aliphatic heterocycles. The highest BCUT2D eigenvalue weighted by atomic mass is 32.1. The van der Waals surface area contributed by atoms with Crippen LogP contribution in [-0.4, -0.2) is 121 Å². The van der Waals surface area contributed by atoms with E-state index in [0.717, 1.165) is 57.6 Å². The van der Waals surface area contributed by atoms with Crippen LogP contribution >= 0.6 is 11.3 Å². The van der Waals surface area contributed by atoms with Crippen molar-refractivity contribution in [2.75, 3.05) is 40.4 Å². The number of nitrogens with zero attached hydrogens (tertiary/aromatic N) is 6. The average molecular weight is 838 g/mol. The maximum Gasteiger partial charge on any atom is 0.324 e. The largest absolute Gasteiger partial charge is 0.464 e. The summed E-state index contributed by atoms with van der Waals surface area (Å²) in [5.74, 6) is -1.96. The van der Waals surface area contributed by atoms with Gasteiger partial charge in [0.15, 0.2) is 0 Å². The van der Waals surface area contributed by atoms with E-state index >= 15 is 0 Å². The number of benzene rings is 1. The highest BCUT2D eigenvalue weighted by Crippen LogP contribution is 2.57. The van der Waals surface area contributed by atoms with E-state index in [-0.39, 0.29) is 30.9 Å². The van der Waals surface area contributed by atoms with Gasteiger partial charge in [0.2, 0.25) is 5.91 Å². The molecule has 2 N–H and O–H groups in total. The van der Waals surface area contributed by atoms with Crippen LogP contribution in [0.25, 0.3) is 33.4 Å². The van der Waals surface area contributed by atoms with Gasteiger partial charge < -0.3 is 29.2 Å². The van der Waals surface area contributed by atoms with Crippen LogP contribution in [0.4, 0.5) is 4.79 Å². The van der Waals surface area contributed by atoms with Crippen LogP contribution in [0.1, 0.15) is 82.2 Å². The first kappa shape index (κ1) is 41.1. The van der Waals surface area contributed by atoms with Gasteiger partial charge in [0.1, 0.15) is 23.3 Å². The molecule has 6 bridgehead atoms. The average Bonchev–Trinajstić information content (AvgIpc) is 3.79. The lowest BCUT2D eigenvalue weighted by atomic mass is 9.67. The number of pyridine rings is 1. The Balaban J connectivity index is 1.24. The van der Waals surface area contributed by atoms with E-state index < -0.39 is 46.5 Å². The molecule has 2 fully saturated rings. The lowest BCUT2D eigenvalue weighted by Crippen LogP contribution is -2.69. The highest BCUT2D eigenvalue weighted by molar-refractivity contribution is 7.10. The molecule has 0 spiro atoms. The van der Waals surface area contributed by atoms with Crippen molar-refractivity contribution in [2.24, 2.45) is 11.3 Å². The number of likely N-dealkylation sites (N-methyl/N-ethyl adjacent to an activating group) is 1. The molecular formula is C43H53N8O6SSi. The standard InChI is InChI=1S/C43H53N8O6SSi/c1-8-50-30-15-14-25-20-27(30)32-33(37(56-7)34-26(36(32)50)12-9-16-44-34)42(4,5)23-57-39(53)28-13-10-19-51(47-28)40(54)43(59,21-31-45-29(25)22-58-31)46-38(52)35(24(2)3)48(6)41(55)49-17-11-18-49/h9,12,14-16,20,22,24,28,33,35,37,47H,8,10-11,13,17-19,21,23H2,1-7H3,(H,46,52)/t28?,33?,35-,37-,43+/m0/s1. The van der Waals surface area contributed by atoms with Gasteiger partial charge in [-0.3, -0.25) is 24.4 Å². The fourth-order valence-corrected chi connectivity index (χ4v) is 10.9. The molecule has 2 unspecified atom stereocenters. The van der Waals surface area contributed by atoms with Crippen LogP contribution in [-0.2, 0) is 36.8 Å². The highest BCUT2D eigenvalue weighted by Gasteiger charge is 2.48. The molecule has 5 atom stereocenters. The number of thiazole rings is 1. The molecule has 14 nitrogen and oxygen atoms in total. The number of amides is 4. The van der Waals surface area contributed by atoms with E-state index in [1.165, 1.54) is 21.2 Å². The molecule has 3 aromatic heterocycles. The molecule has 4 aliphatic rings. The van der Waals surface area contributed by atoms with Crippen molar-refractivity contribution in [3.8, 4) is 22.5 Å². The van der Waals surface area contributed by atoms with Crippen molar-refractivity contribution < 1.29 is 28.7 Å². The molecule has 2 saturated heterocycles. The second-order valence-corrected chi connectivity index (χ2v) is 19.1. The van der Waals surface area contributed by atoms with Gasteiger partial charge in [0.25, 0.3) is 5.91 Å². The summed E-state index contributed by atoms with van der Waals surface area (Å²) >= 11 is 1.40. The first-order chi connectivity index (χ1) is 28.2. The van der Waals surface area contributed by atoms with Crippen molar-refractivity contribution in [3.05, 3.63) is 58.2 Å². The summed E-state index contributed by atoms with van der Waals surface area (Å²) in [5, 5.41) is 6.36. The number of carbonyl (C=O) groups excluding carboxylic acids is 4. The molecule has 8 rings (SSSR count). The number of carbonyl (C=O) groups is 4. The number of rotatable bonds is 6. The van der Waals surface area contributed by atoms with Crippen molar-refractivity contribution in [3.63, 3.8) is 0 Å². The predicted molar refractivity (Wildman–Crippen MR) is 225 cm³/mol. The Bertz CT molecular complexity index is 2310. The van der Waals surface area contributed by atoms with Crippen molar-refractivity contribution in [2.45, 2.75) is 96.1 Å². The van der Waals surface area contributed by atoms with Crippen molar-refractivity contribution >= 4 is 56.3 Å². The summed E-state index contributed by atoms with van der Waals surface area (Å²) < 4.78 is 14.9. The smallest absolute Gasteiger partial charge is 0.324 e. The van der Waals surface area contributed by atoms with E-state index in [4.69, 9.17) is 19.4 Å².